The van der Waals surface area contributed by atoms with Crippen molar-refractivity contribution < 1.29 is 22.6 Å². The van der Waals surface area contributed by atoms with Gasteiger partial charge in [0.05, 0.1) is 19.8 Å². The van der Waals surface area contributed by atoms with Crippen molar-refractivity contribution in [1.29, 1.82) is 0 Å². The molecular formula is C16H32F3IN4O2. The van der Waals surface area contributed by atoms with Crippen LogP contribution in [0.25, 0.3) is 0 Å². The van der Waals surface area contributed by atoms with Crippen LogP contribution in [0.4, 0.5) is 13.2 Å². The second-order valence-electron chi connectivity index (χ2n) is 6.56. The Morgan fingerprint density at radius 2 is 1.85 bits per heavy atom. The number of hydrogen-bond donors (Lipinski definition) is 2. The first kappa shape index (κ1) is 25.7. The second-order valence-corrected chi connectivity index (χ2v) is 6.56. The number of nitrogens with zero attached hydrogens (tertiary/aromatic N) is 2. The van der Waals surface area contributed by atoms with E-state index < -0.39 is 12.8 Å². The Morgan fingerprint density at radius 1 is 1.19 bits per heavy atom. The van der Waals surface area contributed by atoms with Crippen molar-refractivity contribution in [3.8, 4) is 0 Å². The fraction of sp³-hybridized carbons (Fsp3) is 0.938. The van der Waals surface area contributed by atoms with Crippen LogP contribution in [-0.2, 0) is 9.47 Å². The minimum absolute atomic E-state index is 0. The maximum atomic E-state index is 12.0. The summed E-state index contributed by atoms with van der Waals surface area (Å²) in [4.78, 5) is 6.96. The predicted octanol–water partition coefficient (Wildman–Crippen LogP) is 2.24. The van der Waals surface area contributed by atoms with Gasteiger partial charge in [-0.1, -0.05) is 0 Å². The number of alkyl halides is 3. The van der Waals surface area contributed by atoms with E-state index in [0.717, 1.165) is 26.3 Å². The maximum absolute atomic E-state index is 12.0. The monoisotopic (exact) mass is 496 g/mol. The normalized spacial score (nSPS) is 16.9. The fourth-order valence-electron chi connectivity index (χ4n) is 2.45. The molecule has 1 saturated heterocycles. The van der Waals surface area contributed by atoms with Crippen LogP contribution in [0.2, 0.25) is 0 Å². The van der Waals surface area contributed by atoms with Crippen molar-refractivity contribution in [2.75, 3.05) is 59.2 Å². The van der Waals surface area contributed by atoms with Crippen molar-refractivity contribution in [2.45, 2.75) is 38.9 Å². The summed E-state index contributed by atoms with van der Waals surface area (Å²) in [6.07, 6.45) is -3.79. The van der Waals surface area contributed by atoms with Gasteiger partial charge in [0.2, 0.25) is 0 Å². The van der Waals surface area contributed by atoms with Crippen LogP contribution in [0, 0.1) is 0 Å². The van der Waals surface area contributed by atoms with Gasteiger partial charge in [0, 0.05) is 38.3 Å². The Balaban J connectivity index is 0.00000625. The number of morpholine rings is 1. The van der Waals surface area contributed by atoms with Crippen molar-refractivity contribution in [3.05, 3.63) is 0 Å². The molecule has 1 heterocycles. The molecule has 10 heteroatoms. The highest BCUT2D eigenvalue weighted by molar-refractivity contribution is 14.0. The molecule has 1 fully saturated rings. The molecule has 0 aliphatic carbocycles. The molecule has 0 aromatic heterocycles. The summed E-state index contributed by atoms with van der Waals surface area (Å²) in [6.45, 7) is 10.2. The van der Waals surface area contributed by atoms with Gasteiger partial charge in [0.1, 0.15) is 6.61 Å². The van der Waals surface area contributed by atoms with Gasteiger partial charge in [0.25, 0.3) is 0 Å². The summed E-state index contributed by atoms with van der Waals surface area (Å²) in [5, 5.41) is 6.28. The van der Waals surface area contributed by atoms with Crippen molar-refractivity contribution in [3.63, 3.8) is 0 Å². The zero-order valence-corrected chi connectivity index (χ0v) is 18.2. The van der Waals surface area contributed by atoms with E-state index in [4.69, 9.17) is 4.74 Å². The predicted molar refractivity (Wildman–Crippen MR) is 107 cm³/mol. The van der Waals surface area contributed by atoms with Gasteiger partial charge in [-0.3, -0.25) is 9.89 Å². The van der Waals surface area contributed by atoms with E-state index in [2.05, 4.69) is 39.1 Å². The average Bonchev–Trinajstić information content (AvgIpc) is 2.55. The van der Waals surface area contributed by atoms with Gasteiger partial charge >= 0.3 is 6.18 Å². The number of rotatable bonds is 9. The number of ether oxygens (including phenoxy) is 2. The molecule has 1 aliphatic heterocycles. The molecule has 0 aromatic rings. The largest absolute Gasteiger partial charge is 0.411 e. The Kier molecular flexibility index (Phi) is 12.8. The molecule has 0 bridgehead atoms. The lowest BCUT2D eigenvalue weighted by molar-refractivity contribution is -0.173. The third kappa shape index (κ3) is 11.4. The van der Waals surface area contributed by atoms with Crippen LogP contribution in [0.5, 0.6) is 0 Å². The number of halogens is 4. The third-order valence-corrected chi connectivity index (χ3v) is 3.86. The van der Waals surface area contributed by atoms with Crippen LogP contribution in [0.3, 0.4) is 0 Å². The molecule has 0 aromatic carbocycles. The van der Waals surface area contributed by atoms with Gasteiger partial charge in [-0.15, -0.1) is 24.0 Å². The molecule has 1 aliphatic rings. The number of aliphatic imine (C=N–C) groups is 1. The minimum atomic E-state index is -4.27. The molecule has 26 heavy (non-hydrogen) atoms. The van der Waals surface area contributed by atoms with Crippen LogP contribution in [0.15, 0.2) is 4.99 Å². The molecule has 2 N–H and O–H groups in total. The Bertz CT molecular complexity index is 403. The molecule has 0 atom stereocenters. The first-order chi connectivity index (χ1) is 11.7. The molecule has 0 unspecified atom stereocenters. The van der Waals surface area contributed by atoms with E-state index in [1.807, 2.05) is 6.92 Å². The van der Waals surface area contributed by atoms with Gasteiger partial charge in [0.15, 0.2) is 5.96 Å². The number of nitrogens with one attached hydrogen (secondary N) is 2. The number of guanidine groups is 1. The van der Waals surface area contributed by atoms with Crippen LogP contribution >= 0.6 is 24.0 Å². The maximum Gasteiger partial charge on any atom is 0.411 e. The van der Waals surface area contributed by atoms with Gasteiger partial charge in [-0.2, -0.15) is 13.2 Å². The first-order valence-corrected chi connectivity index (χ1v) is 8.74. The second kappa shape index (κ2) is 12.9. The summed E-state index contributed by atoms with van der Waals surface area (Å²) in [5.74, 6) is 0.666. The SMILES string of the molecule is CCNC(=NCC(C)(C)N1CCOCC1)NCCCOCC(F)(F)F.I. The summed E-state index contributed by atoms with van der Waals surface area (Å²) in [7, 11) is 0. The smallest absolute Gasteiger partial charge is 0.379 e. The lowest BCUT2D eigenvalue weighted by atomic mass is 10.0. The highest BCUT2D eigenvalue weighted by Crippen LogP contribution is 2.16. The average molecular weight is 496 g/mol. The lowest BCUT2D eigenvalue weighted by Gasteiger charge is -2.39. The van der Waals surface area contributed by atoms with E-state index >= 15 is 0 Å². The molecule has 156 valence electrons. The summed E-state index contributed by atoms with van der Waals surface area (Å²) in [6, 6.07) is 0. The highest BCUT2D eigenvalue weighted by atomic mass is 127. The molecule has 0 radical (unpaired) electrons. The molecular weight excluding hydrogens is 464 g/mol. The summed E-state index contributed by atoms with van der Waals surface area (Å²) in [5.41, 5.74) is -0.0814. The summed E-state index contributed by atoms with van der Waals surface area (Å²) < 4.78 is 45.9. The Morgan fingerprint density at radius 3 is 2.42 bits per heavy atom. The van der Waals surface area contributed by atoms with Crippen molar-refractivity contribution >= 4 is 29.9 Å². The fourth-order valence-corrected chi connectivity index (χ4v) is 2.45. The zero-order chi connectivity index (χ0) is 18.8. The first-order valence-electron chi connectivity index (χ1n) is 8.74. The van der Waals surface area contributed by atoms with Gasteiger partial charge < -0.3 is 20.1 Å². The van der Waals surface area contributed by atoms with E-state index in [0.29, 0.717) is 32.0 Å². The quantitative estimate of drug-likeness (QED) is 0.222. The highest BCUT2D eigenvalue weighted by Gasteiger charge is 2.28. The van der Waals surface area contributed by atoms with Crippen LogP contribution in [-0.4, -0.2) is 81.7 Å². The molecule has 0 spiro atoms. The van der Waals surface area contributed by atoms with Crippen molar-refractivity contribution in [2.24, 2.45) is 4.99 Å². The molecule has 0 saturated carbocycles. The Labute approximate surface area is 171 Å². The summed E-state index contributed by atoms with van der Waals surface area (Å²) >= 11 is 0. The van der Waals surface area contributed by atoms with Crippen LogP contribution < -0.4 is 10.6 Å². The van der Waals surface area contributed by atoms with Crippen molar-refractivity contribution in [1.82, 2.24) is 15.5 Å². The zero-order valence-electron chi connectivity index (χ0n) is 15.8. The van der Waals surface area contributed by atoms with E-state index in [-0.39, 0.29) is 36.1 Å². The molecule has 6 nitrogen and oxygen atoms in total. The molecule has 1 rings (SSSR count). The van der Waals surface area contributed by atoms with E-state index in [1.165, 1.54) is 0 Å². The van der Waals surface area contributed by atoms with Crippen LogP contribution in [0.1, 0.15) is 27.2 Å². The van der Waals surface area contributed by atoms with Gasteiger partial charge in [-0.05, 0) is 27.2 Å². The van der Waals surface area contributed by atoms with E-state index in [1.54, 1.807) is 0 Å². The number of hydrogen-bond acceptors (Lipinski definition) is 4. The molecule has 0 amide bonds. The minimum Gasteiger partial charge on any atom is -0.379 e. The van der Waals surface area contributed by atoms with Gasteiger partial charge in [-0.25, -0.2) is 0 Å². The topological polar surface area (TPSA) is 58.1 Å². The third-order valence-electron chi connectivity index (χ3n) is 3.86. The van der Waals surface area contributed by atoms with E-state index in [9.17, 15) is 13.2 Å². The Hall–Kier alpha value is -0.330. The lowest BCUT2D eigenvalue weighted by Crippen LogP contribution is -2.52. The standard InChI is InChI=1S/C16H31F3N4O2.HI/c1-4-20-14(21-6-5-9-25-13-16(17,18)19)22-12-15(2,3)23-7-10-24-11-8-23;/h4-13H2,1-3H3,(H2,20,21,22);1H.